The van der Waals surface area contributed by atoms with E-state index in [1.807, 2.05) is 16.0 Å². The van der Waals surface area contributed by atoms with Crippen LogP contribution in [-0.4, -0.2) is 158 Å². The van der Waals surface area contributed by atoms with Crippen molar-refractivity contribution in [1.29, 1.82) is 0 Å². The summed E-state index contributed by atoms with van der Waals surface area (Å²) in [5, 5.41) is 49.9. The van der Waals surface area contributed by atoms with Gasteiger partial charge in [0.05, 0.1) is 44.4 Å². The van der Waals surface area contributed by atoms with Gasteiger partial charge in [-0.05, 0) is 25.7 Å². The normalized spacial score (nSPS) is 17.5. The van der Waals surface area contributed by atoms with Gasteiger partial charge in [-0.25, -0.2) is 4.79 Å². The first-order chi connectivity index (χ1) is 27.4. The molecule has 59 heavy (non-hydrogen) atoms. The molecule has 0 spiro atoms. The summed E-state index contributed by atoms with van der Waals surface area (Å²) in [5.74, 6) is -15.2. The number of likely N-dealkylation sites (tertiary alicyclic amines) is 1. The number of nitrogens with two attached hydrogens (primary N) is 3. The number of carboxylic acid groups (broad SMARTS) is 3. The van der Waals surface area contributed by atoms with Crippen LogP contribution in [0.1, 0.15) is 65.7 Å². The van der Waals surface area contributed by atoms with Gasteiger partial charge in [-0.15, -0.1) is 0 Å². The molecule has 1 saturated heterocycles. The third kappa shape index (κ3) is 16.9. The molecule has 1 aliphatic rings. The molecule has 0 radical (unpaired) electrons. The predicted molar refractivity (Wildman–Crippen MR) is 196 cm³/mol. The van der Waals surface area contributed by atoms with E-state index in [1.54, 1.807) is 13.8 Å². The van der Waals surface area contributed by atoms with Crippen LogP contribution in [0.3, 0.4) is 0 Å². The molecule has 0 aliphatic carbocycles. The van der Waals surface area contributed by atoms with Crippen molar-refractivity contribution in [3.8, 4) is 0 Å². The van der Waals surface area contributed by atoms with Crippen LogP contribution in [-0.2, 0) is 57.5 Å². The van der Waals surface area contributed by atoms with E-state index in [-0.39, 0.29) is 25.3 Å². The fourth-order valence-electron chi connectivity index (χ4n) is 5.58. The molecule has 330 valence electrons. The van der Waals surface area contributed by atoms with Crippen molar-refractivity contribution < 1.29 is 78.0 Å². The highest BCUT2D eigenvalue weighted by molar-refractivity contribution is 6.00. The summed E-state index contributed by atoms with van der Waals surface area (Å²) >= 11 is 0. The van der Waals surface area contributed by atoms with E-state index in [0.29, 0.717) is 6.42 Å². The monoisotopic (exact) mass is 844 g/mol. The van der Waals surface area contributed by atoms with Gasteiger partial charge in [-0.3, -0.25) is 52.7 Å². The second kappa shape index (κ2) is 23.7. The largest absolute Gasteiger partial charge is 0.481 e. The standard InChI is InChI=1S/C33H52N10O16/c1-4-13(2)25(36)31(56)41-18(11-24(50)51)32(57)43-7-5-6-19(43)30(55)40-16(9-21(35)46)28(53)39-15(8-20(34)45)27(52)37-12-22(47)38-17(10-23(48)49)29(54)42-26(14(3)44)33(58)59/h13-19,25-26,44H,4-12,36H2,1-3H3,(H2,34,45)(H2,35,46)(H,37,52)(H,38,47)(H,39,53)(H,40,55)(H,41,56)(H,42,54)(H,48,49)(H,50,51)(H,58,59)/t13-,14+,15-,16-,17-,18-,19-,25-,26-/m0/s1. The van der Waals surface area contributed by atoms with E-state index in [1.165, 1.54) is 0 Å². The van der Waals surface area contributed by atoms with Crippen molar-refractivity contribution in [2.45, 2.75) is 114 Å². The van der Waals surface area contributed by atoms with Gasteiger partial charge in [-0.1, -0.05) is 20.3 Å². The van der Waals surface area contributed by atoms with Gasteiger partial charge in [0, 0.05) is 6.54 Å². The number of carbonyl (C=O) groups excluding carboxylic acids is 9. The lowest BCUT2D eigenvalue weighted by molar-refractivity contribution is -0.146. The van der Waals surface area contributed by atoms with E-state index in [4.69, 9.17) is 22.3 Å². The minimum Gasteiger partial charge on any atom is -0.481 e. The average Bonchev–Trinajstić information content (AvgIpc) is 3.63. The summed E-state index contributed by atoms with van der Waals surface area (Å²) < 4.78 is 0. The Hall–Kier alpha value is -6.44. The molecular formula is C33H52N10O16. The predicted octanol–water partition coefficient (Wildman–Crippen LogP) is -6.94. The Kier molecular flexibility index (Phi) is 20.3. The Bertz CT molecular complexity index is 1640. The first-order valence-electron chi connectivity index (χ1n) is 18.2. The van der Waals surface area contributed by atoms with Crippen molar-refractivity contribution in [1.82, 2.24) is 36.8 Å². The van der Waals surface area contributed by atoms with Crippen LogP contribution >= 0.6 is 0 Å². The van der Waals surface area contributed by atoms with Crippen LogP contribution in [0.4, 0.5) is 0 Å². The van der Waals surface area contributed by atoms with Crippen molar-refractivity contribution in [3.05, 3.63) is 0 Å². The number of nitrogens with one attached hydrogen (secondary N) is 6. The summed E-state index contributed by atoms with van der Waals surface area (Å²) in [6, 6.07) is -11.6. The molecule has 0 aromatic rings. The minimum atomic E-state index is -1.91. The lowest BCUT2D eigenvalue weighted by atomic mass is 9.99. The van der Waals surface area contributed by atoms with Crippen LogP contribution in [0, 0.1) is 5.92 Å². The maximum absolute atomic E-state index is 13.5. The van der Waals surface area contributed by atoms with E-state index < -0.39 is 152 Å². The van der Waals surface area contributed by atoms with Gasteiger partial charge in [0.25, 0.3) is 0 Å². The van der Waals surface area contributed by atoms with Gasteiger partial charge in [0.1, 0.15) is 30.2 Å². The lowest BCUT2D eigenvalue weighted by Crippen LogP contribution is -2.60. The van der Waals surface area contributed by atoms with E-state index in [9.17, 15) is 72.9 Å². The zero-order valence-electron chi connectivity index (χ0n) is 32.4. The number of nitrogens with zero attached hydrogens (tertiary/aromatic N) is 1. The second-order valence-electron chi connectivity index (χ2n) is 13.7. The zero-order chi connectivity index (χ0) is 45.3. The van der Waals surface area contributed by atoms with E-state index in [0.717, 1.165) is 11.8 Å². The Morgan fingerprint density at radius 3 is 1.66 bits per heavy atom. The summed E-state index contributed by atoms with van der Waals surface area (Å²) in [5.41, 5.74) is 16.4. The summed E-state index contributed by atoms with van der Waals surface area (Å²) in [6.45, 7) is 3.37. The van der Waals surface area contributed by atoms with Crippen molar-refractivity contribution in [2.75, 3.05) is 13.1 Å². The molecular weight excluding hydrogens is 792 g/mol. The van der Waals surface area contributed by atoms with Gasteiger partial charge in [0.2, 0.25) is 53.2 Å². The van der Waals surface area contributed by atoms with Crippen LogP contribution in [0.15, 0.2) is 0 Å². The zero-order valence-corrected chi connectivity index (χ0v) is 32.4. The van der Waals surface area contributed by atoms with Crippen LogP contribution in [0.2, 0.25) is 0 Å². The number of carbonyl (C=O) groups is 12. The van der Waals surface area contributed by atoms with Crippen molar-refractivity contribution in [2.24, 2.45) is 23.1 Å². The van der Waals surface area contributed by atoms with Crippen molar-refractivity contribution in [3.63, 3.8) is 0 Å². The molecule has 1 rings (SSSR count). The summed E-state index contributed by atoms with van der Waals surface area (Å²) in [6.07, 6.45) is -4.66. The van der Waals surface area contributed by atoms with E-state index >= 15 is 0 Å². The molecule has 0 aromatic heterocycles. The Labute approximate surface area is 336 Å². The fourth-order valence-corrected chi connectivity index (χ4v) is 5.58. The molecule has 1 aliphatic heterocycles. The van der Waals surface area contributed by atoms with Gasteiger partial charge in [0.15, 0.2) is 6.04 Å². The molecule has 1 heterocycles. The Morgan fingerprint density at radius 1 is 0.678 bits per heavy atom. The number of aliphatic carboxylic acids is 3. The fraction of sp³-hybridized carbons (Fsp3) is 0.636. The molecule has 26 nitrogen and oxygen atoms in total. The molecule has 9 amide bonds. The van der Waals surface area contributed by atoms with Gasteiger partial charge >= 0.3 is 17.9 Å². The number of hydrogen-bond donors (Lipinski definition) is 13. The molecule has 0 saturated carbocycles. The van der Waals surface area contributed by atoms with Gasteiger partial charge in [-0.2, -0.15) is 0 Å². The molecule has 1 fully saturated rings. The average molecular weight is 845 g/mol. The number of aliphatic hydroxyl groups is 1. The first kappa shape index (κ1) is 50.6. The number of carboxylic acids is 3. The number of amides is 9. The third-order valence-corrected chi connectivity index (χ3v) is 8.97. The molecule has 0 bridgehead atoms. The highest BCUT2D eigenvalue weighted by Gasteiger charge is 2.41. The number of primary amides is 2. The second-order valence-corrected chi connectivity index (χ2v) is 13.7. The number of rotatable bonds is 25. The molecule has 0 aromatic carbocycles. The van der Waals surface area contributed by atoms with E-state index in [2.05, 4.69) is 16.0 Å². The molecule has 16 N–H and O–H groups in total. The minimum absolute atomic E-state index is 0.00689. The highest BCUT2D eigenvalue weighted by Crippen LogP contribution is 2.20. The highest BCUT2D eigenvalue weighted by atomic mass is 16.4. The lowest BCUT2D eigenvalue weighted by Gasteiger charge is -2.30. The molecule has 9 atom stereocenters. The Balaban J connectivity index is 3.16. The first-order valence-corrected chi connectivity index (χ1v) is 18.2. The van der Waals surface area contributed by atoms with Crippen LogP contribution in [0.5, 0.6) is 0 Å². The number of hydrogen-bond acceptors (Lipinski definition) is 14. The quantitative estimate of drug-likeness (QED) is 0.0406. The van der Waals surface area contributed by atoms with Gasteiger partial charge < -0.3 is 74.4 Å². The smallest absolute Gasteiger partial charge is 0.328 e. The summed E-state index contributed by atoms with van der Waals surface area (Å²) in [7, 11) is 0. The number of aliphatic hydroxyl groups excluding tert-OH is 1. The van der Waals surface area contributed by atoms with Crippen molar-refractivity contribution >= 4 is 71.1 Å². The third-order valence-electron chi connectivity index (χ3n) is 8.97. The maximum atomic E-state index is 13.5. The molecule has 0 unspecified atom stereocenters. The Morgan fingerprint density at radius 2 is 1.17 bits per heavy atom. The van der Waals surface area contributed by atoms with Crippen LogP contribution in [0.25, 0.3) is 0 Å². The maximum Gasteiger partial charge on any atom is 0.328 e. The summed E-state index contributed by atoms with van der Waals surface area (Å²) in [4.78, 5) is 150. The molecule has 26 heteroatoms. The SMILES string of the molecule is CC[C@H](C)[C@H](N)C(=O)N[C@@H](CC(=O)O)C(=O)N1CCC[C@H]1C(=O)N[C@@H](CC(N)=O)C(=O)N[C@@H](CC(N)=O)C(=O)NCC(=O)N[C@@H](CC(=O)O)C(=O)N[C@H](C(=O)O)[C@@H](C)O. The van der Waals surface area contributed by atoms with Crippen LogP contribution < -0.4 is 49.1 Å². The topological polar surface area (TPSA) is 439 Å².